The first-order valence-electron chi connectivity index (χ1n) is 7.73. The summed E-state index contributed by atoms with van der Waals surface area (Å²) >= 11 is 1.61. The molecule has 4 rings (SSSR count). The summed E-state index contributed by atoms with van der Waals surface area (Å²) in [6.07, 6.45) is 3.93. The molecule has 2 heterocycles. The molecule has 2 amide bonds. The lowest BCUT2D eigenvalue weighted by Gasteiger charge is -2.55. The minimum absolute atomic E-state index is 0.0603. The fourth-order valence-electron chi connectivity index (χ4n) is 4.34. The third-order valence-electron chi connectivity index (χ3n) is 5.45. The molecule has 114 valence electrons. The molecule has 2 fully saturated rings. The summed E-state index contributed by atoms with van der Waals surface area (Å²) < 4.78 is 0. The highest BCUT2D eigenvalue weighted by atomic mass is 32.1. The smallest absolute Gasteiger partial charge is 0.323 e. The van der Waals surface area contributed by atoms with Gasteiger partial charge in [-0.05, 0) is 25.7 Å². The zero-order chi connectivity index (χ0) is 14.8. The van der Waals surface area contributed by atoms with Crippen LogP contribution < -0.4 is 5.32 Å². The van der Waals surface area contributed by atoms with Crippen molar-refractivity contribution in [1.29, 1.82) is 0 Å². The molecule has 0 unspecified atom stereocenters. The number of aliphatic hydroxyl groups is 1. The first-order chi connectivity index (χ1) is 9.98. The van der Waals surface area contributed by atoms with Crippen molar-refractivity contribution in [2.75, 3.05) is 11.9 Å². The minimum Gasteiger partial charge on any atom is -0.392 e. The number of thiazole rings is 1. The molecule has 1 aliphatic heterocycles. The number of hydrogen-bond acceptors (Lipinski definition) is 4. The van der Waals surface area contributed by atoms with Gasteiger partial charge in [0.15, 0.2) is 5.13 Å². The van der Waals surface area contributed by atoms with E-state index in [4.69, 9.17) is 0 Å². The number of fused-ring (bicyclic) bond motifs is 2. The van der Waals surface area contributed by atoms with E-state index in [1.165, 1.54) is 11.3 Å². The highest BCUT2D eigenvalue weighted by molar-refractivity contribution is 7.15. The summed E-state index contributed by atoms with van der Waals surface area (Å²) in [7, 11) is 0. The van der Waals surface area contributed by atoms with Gasteiger partial charge in [-0.25, -0.2) is 9.78 Å². The topological polar surface area (TPSA) is 65.5 Å². The Morgan fingerprint density at radius 2 is 2.29 bits per heavy atom. The fourth-order valence-corrected chi connectivity index (χ4v) is 5.38. The summed E-state index contributed by atoms with van der Waals surface area (Å²) in [6, 6.07) is 0.0919. The van der Waals surface area contributed by atoms with Gasteiger partial charge in [0.1, 0.15) is 0 Å². The number of aromatic nitrogens is 1. The molecule has 1 saturated heterocycles. The van der Waals surface area contributed by atoms with Crippen molar-refractivity contribution in [3.63, 3.8) is 0 Å². The first kappa shape index (κ1) is 13.5. The normalized spacial score (nSPS) is 32.5. The van der Waals surface area contributed by atoms with Crippen LogP contribution in [0.5, 0.6) is 0 Å². The number of carbonyl (C=O) groups is 1. The van der Waals surface area contributed by atoms with Crippen molar-refractivity contribution in [1.82, 2.24) is 9.88 Å². The maximum atomic E-state index is 12.5. The van der Waals surface area contributed by atoms with Crippen molar-refractivity contribution in [3.05, 3.63) is 10.6 Å². The monoisotopic (exact) mass is 307 g/mol. The number of nitrogens with one attached hydrogen (secondary N) is 1. The van der Waals surface area contributed by atoms with E-state index in [0.29, 0.717) is 0 Å². The molecule has 6 heteroatoms. The quantitative estimate of drug-likeness (QED) is 0.836. The predicted molar refractivity (Wildman–Crippen MR) is 81.5 cm³/mol. The van der Waals surface area contributed by atoms with Crippen molar-refractivity contribution in [2.24, 2.45) is 11.3 Å². The van der Waals surface area contributed by atoms with Crippen molar-refractivity contribution in [3.8, 4) is 0 Å². The van der Waals surface area contributed by atoms with Gasteiger partial charge in [0.2, 0.25) is 0 Å². The van der Waals surface area contributed by atoms with Crippen LogP contribution in [0.2, 0.25) is 0 Å². The number of urea groups is 1. The molecule has 0 radical (unpaired) electrons. The number of aryl methyl sites for hydroxylation is 2. The van der Waals surface area contributed by atoms with E-state index < -0.39 is 0 Å². The van der Waals surface area contributed by atoms with Gasteiger partial charge in [-0.2, -0.15) is 0 Å². The van der Waals surface area contributed by atoms with Gasteiger partial charge in [-0.3, -0.25) is 5.32 Å². The summed E-state index contributed by atoms with van der Waals surface area (Å²) in [5.41, 5.74) is 0.956. The third kappa shape index (κ3) is 1.85. The number of nitrogens with zero attached hydrogens (tertiary/aromatic N) is 2. The van der Waals surface area contributed by atoms with Crippen LogP contribution in [0.3, 0.4) is 0 Å². The number of amides is 2. The van der Waals surface area contributed by atoms with E-state index in [-0.39, 0.29) is 29.5 Å². The van der Waals surface area contributed by atoms with E-state index in [0.717, 1.165) is 36.6 Å². The number of hydrogen-bond donors (Lipinski definition) is 2. The van der Waals surface area contributed by atoms with Gasteiger partial charge < -0.3 is 10.0 Å². The van der Waals surface area contributed by atoms with Gasteiger partial charge >= 0.3 is 6.03 Å². The Labute approximate surface area is 128 Å². The van der Waals surface area contributed by atoms with Crippen LogP contribution in [-0.4, -0.2) is 39.7 Å². The molecule has 0 spiro atoms. The molecule has 0 aromatic carbocycles. The molecule has 3 atom stereocenters. The van der Waals surface area contributed by atoms with Gasteiger partial charge in [0.25, 0.3) is 0 Å². The summed E-state index contributed by atoms with van der Waals surface area (Å²) in [4.78, 5) is 20.3. The van der Waals surface area contributed by atoms with Gasteiger partial charge in [0, 0.05) is 28.8 Å². The largest absolute Gasteiger partial charge is 0.392 e. The molecular formula is C15H21N3O2S. The van der Waals surface area contributed by atoms with Gasteiger partial charge in [-0.1, -0.05) is 13.8 Å². The average molecular weight is 307 g/mol. The Bertz CT molecular complexity index is 576. The van der Waals surface area contributed by atoms with Crippen molar-refractivity contribution >= 4 is 22.5 Å². The molecule has 5 nitrogen and oxygen atoms in total. The molecule has 21 heavy (non-hydrogen) atoms. The van der Waals surface area contributed by atoms with E-state index in [9.17, 15) is 9.90 Å². The van der Waals surface area contributed by atoms with Crippen molar-refractivity contribution < 1.29 is 9.90 Å². The van der Waals surface area contributed by atoms with Crippen LogP contribution in [0, 0.1) is 11.3 Å². The second-order valence-corrected chi connectivity index (χ2v) is 8.11. The SMILES string of the molecule is CC1(C)[C@@H]2[C@@H](CCN2C(=O)Nc2nc3c(s2)CCC3)[C@@H]1O. The van der Waals surface area contributed by atoms with Crippen LogP contribution >= 0.6 is 11.3 Å². The Balaban J connectivity index is 1.48. The standard InChI is InChI=1S/C15H21N3O2S/c1-15(2)11-8(12(15)19)6-7-18(11)14(20)17-13-16-9-4-3-5-10(9)21-13/h8,11-12,19H,3-7H2,1-2H3,(H,16,17,20)/t8-,11+,12+/m1/s1. The van der Waals surface area contributed by atoms with E-state index in [1.54, 1.807) is 11.3 Å². The lowest BCUT2D eigenvalue weighted by molar-refractivity contribution is -0.134. The van der Waals surface area contributed by atoms with Crippen LogP contribution in [0.25, 0.3) is 0 Å². The lowest BCUT2D eigenvalue weighted by atomic mass is 9.58. The Morgan fingerprint density at radius 3 is 3.05 bits per heavy atom. The zero-order valence-electron chi connectivity index (χ0n) is 12.4. The average Bonchev–Trinajstić information content (AvgIpc) is 3.09. The molecule has 1 aromatic rings. The van der Waals surface area contributed by atoms with Crippen LogP contribution in [0.1, 0.15) is 37.3 Å². The minimum atomic E-state index is -0.288. The molecule has 2 N–H and O–H groups in total. The number of anilines is 1. The number of aliphatic hydroxyl groups excluding tert-OH is 1. The molecule has 3 aliphatic rings. The second kappa shape index (κ2) is 4.43. The van der Waals surface area contributed by atoms with Crippen LogP contribution in [0.4, 0.5) is 9.93 Å². The Morgan fingerprint density at radius 1 is 1.48 bits per heavy atom. The predicted octanol–water partition coefficient (Wildman–Crippen LogP) is 2.25. The van der Waals surface area contributed by atoms with Crippen LogP contribution in [-0.2, 0) is 12.8 Å². The Hall–Kier alpha value is -1.14. The number of carbonyl (C=O) groups excluding carboxylic acids is 1. The molecular weight excluding hydrogens is 286 g/mol. The van der Waals surface area contributed by atoms with E-state index in [2.05, 4.69) is 10.3 Å². The summed E-state index contributed by atoms with van der Waals surface area (Å²) in [6.45, 7) is 4.82. The molecule has 1 saturated carbocycles. The van der Waals surface area contributed by atoms with Gasteiger partial charge in [-0.15, -0.1) is 11.3 Å². The number of rotatable bonds is 1. The van der Waals surface area contributed by atoms with E-state index in [1.807, 2.05) is 18.7 Å². The van der Waals surface area contributed by atoms with E-state index >= 15 is 0 Å². The maximum Gasteiger partial charge on any atom is 0.323 e. The highest BCUT2D eigenvalue weighted by Crippen LogP contribution is 2.53. The van der Waals surface area contributed by atoms with Gasteiger partial charge in [0.05, 0.1) is 11.8 Å². The lowest BCUT2D eigenvalue weighted by Crippen LogP contribution is -2.65. The van der Waals surface area contributed by atoms with Crippen LogP contribution in [0.15, 0.2) is 0 Å². The highest BCUT2D eigenvalue weighted by Gasteiger charge is 2.61. The fraction of sp³-hybridized carbons (Fsp3) is 0.733. The third-order valence-corrected chi connectivity index (χ3v) is 6.52. The molecule has 2 aliphatic carbocycles. The maximum absolute atomic E-state index is 12.5. The summed E-state index contributed by atoms with van der Waals surface area (Å²) in [5, 5.41) is 13.8. The summed E-state index contributed by atoms with van der Waals surface area (Å²) in [5.74, 6) is 0.243. The molecule has 0 bridgehead atoms. The number of likely N-dealkylation sites (tertiary alicyclic amines) is 1. The molecule has 1 aromatic heterocycles. The first-order valence-corrected chi connectivity index (χ1v) is 8.54. The van der Waals surface area contributed by atoms with Crippen molar-refractivity contribution in [2.45, 2.75) is 51.7 Å². The zero-order valence-corrected chi connectivity index (χ0v) is 13.2. The second-order valence-electron chi connectivity index (χ2n) is 7.03. The Kier molecular flexibility index (Phi) is 2.85.